The lowest BCUT2D eigenvalue weighted by Crippen LogP contribution is -2.37. The van der Waals surface area contributed by atoms with Gasteiger partial charge in [0.2, 0.25) is 10.0 Å². The van der Waals surface area contributed by atoms with Crippen molar-refractivity contribution in [2.24, 2.45) is 5.92 Å². The highest BCUT2D eigenvalue weighted by molar-refractivity contribution is 7.90. The second kappa shape index (κ2) is 11.7. The smallest absolute Gasteiger partial charge is 0.253 e. The maximum atomic E-state index is 13.3. The van der Waals surface area contributed by atoms with Crippen LogP contribution in [0.2, 0.25) is 0 Å². The first-order valence-corrected chi connectivity index (χ1v) is 15.3. The maximum absolute atomic E-state index is 13.3. The van der Waals surface area contributed by atoms with Crippen molar-refractivity contribution in [3.63, 3.8) is 0 Å². The highest BCUT2D eigenvalue weighted by Gasteiger charge is 2.35. The number of pyridine rings is 1. The van der Waals surface area contributed by atoms with Crippen molar-refractivity contribution in [3.8, 4) is 6.07 Å². The number of sulfonamides is 1. The number of amides is 1. The van der Waals surface area contributed by atoms with Gasteiger partial charge in [0.05, 0.1) is 28.0 Å². The van der Waals surface area contributed by atoms with Gasteiger partial charge in [-0.3, -0.25) is 9.52 Å². The number of hydrogen-bond donors (Lipinski definition) is 4. The molecule has 3 heterocycles. The molecule has 0 radical (unpaired) electrons. The lowest BCUT2D eigenvalue weighted by atomic mass is 9.87. The molecule has 2 fully saturated rings. The van der Waals surface area contributed by atoms with Crippen LogP contribution >= 0.6 is 0 Å². The molecule has 0 atom stereocenters. The van der Waals surface area contributed by atoms with Gasteiger partial charge in [-0.1, -0.05) is 0 Å². The van der Waals surface area contributed by atoms with E-state index in [-0.39, 0.29) is 40.6 Å². The molecule has 12 nitrogen and oxygen atoms in total. The van der Waals surface area contributed by atoms with Crippen LogP contribution in [0.4, 0.5) is 11.6 Å². The van der Waals surface area contributed by atoms with Crippen LogP contribution in [0.1, 0.15) is 74.6 Å². The van der Waals surface area contributed by atoms with Crippen LogP contribution in [0.25, 0.3) is 16.5 Å². The maximum Gasteiger partial charge on any atom is 0.253 e. The summed E-state index contributed by atoms with van der Waals surface area (Å²) in [4.78, 5) is 26.4. The number of nitriles is 1. The molecule has 4 N–H and O–H groups in total. The number of fused-ring (bicyclic) bond motifs is 1. The van der Waals surface area contributed by atoms with E-state index in [1.165, 1.54) is 12.4 Å². The molecule has 13 heteroatoms. The van der Waals surface area contributed by atoms with Crippen LogP contribution in [0.5, 0.6) is 0 Å². The standard InChI is InChI=1S/C28H33N9O3S/c1-17(2)37-16-23(28(38)34-20-5-3-18(12-29)4-6-20)22-15-32-26(11-24(22)37)35-25-9-10-31-27(36-25)19(13-30)14-33-41(39,40)21-7-8-21/h9-11,13-18,20-21,30,33H,3-8H2,1-2H3,(H,34,38)(H,31,32,35,36)/b19-14+,30-13?. The summed E-state index contributed by atoms with van der Waals surface area (Å²) in [6, 6.07) is 5.96. The van der Waals surface area contributed by atoms with Crippen LogP contribution in [-0.4, -0.2) is 51.4 Å². The zero-order valence-electron chi connectivity index (χ0n) is 23.0. The third kappa shape index (κ3) is 6.38. The van der Waals surface area contributed by atoms with Crippen LogP contribution in [0.3, 0.4) is 0 Å². The third-order valence-electron chi connectivity index (χ3n) is 7.43. The first kappa shape index (κ1) is 28.2. The fourth-order valence-electron chi connectivity index (χ4n) is 4.94. The van der Waals surface area contributed by atoms with Gasteiger partial charge in [-0.15, -0.1) is 0 Å². The van der Waals surface area contributed by atoms with Crippen molar-refractivity contribution in [3.05, 3.63) is 48.3 Å². The second-order valence-corrected chi connectivity index (χ2v) is 12.8. The fraction of sp³-hybridized carbons (Fsp3) is 0.429. The number of anilines is 2. The van der Waals surface area contributed by atoms with Crippen molar-refractivity contribution >= 4 is 50.3 Å². The third-order valence-corrected chi connectivity index (χ3v) is 9.23. The molecule has 1 amide bonds. The molecular weight excluding hydrogens is 542 g/mol. The van der Waals surface area contributed by atoms with Gasteiger partial charge in [0.1, 0.15) is 11.6 Å². The Kier molecular flexibility index (Phi) is 8.03. The molecule has 2 aliphatic carbocycles. The number of nitrogens with zero attached hydrogens (tertiary/aromatic N) is 5. The van der Waals surface area contributed by atoms with Crippen LogP contribution in [0, 0.1) is 22.7 Å². The Balaban J connectivity index is 1.35. The Bertz CT molecular complexity index is 1640. The van der Waals surface area contributed by atoms with E-state index in [4.69, 9.17) is 10.7 Å². The van der Waals surface area contributed by atoms with Crippen LogP contribution in [0.15, 0.2) is 36.9 Å². The van der Waals surface area contributed by atoms with E-state index in [0.717, 1.165) is 42.8 Å². The summed E-state index contributed by atoms with van der Waals surface area (Å²) in [5.41, 5.74) is 1.60. The monoisotopic (exact) mass is 575 g/mol. The molecule has 0 spiro atoms. The Morgan fingerprint density at radius 1 is 1.17 bits per heavy atom. The lowest BCUT2D eigenvalue weighted by Gasteiger charge is -2.25. The summed E-state index contributed by atoms with van der Waals surface area (Å²) < 4.78 is 28.8. The van der Waals surface area contributed by atoms with Gasteiger partial charge in [0.25, 0.3) is 5.91 Å². The molecule has 0 bridgehead atoms. The molecule has 2 aliphatic rings. The zero-order valence-corrected chi connectivity index (χ0v) is 23.8. The van der Waals surface area contributed by atoms with Gasteiger partial charge in [0, 0.05) is 60.5 Å². The number of rotatable bonds is 10. The molecule has 2 saturated carbocycles. The zero-order chi connectivity index (χ0) is 29.1. The summed E-state index contributed by atoms with van der Waals surface area (Å²) in [5.74, 6) is 1.01. The Morgan fingerprint density at radius 3 is 2.59 bits per heavy atom. The van der Waals surface area contributed by atoms with Crippen LogP contribution < -0.4 is 15.4 Å². The first-order valence-electron chi connectivity index (χ1n) is 13.7. The fourth-order valence-corrected chi connectivity index (χ4v) is 6.18. The minimum atomic E-state index is -3.46. The average Bonchev–Trinajstić information content (AvgIpc) is 3.76. The molecule has 0 aromatic carbocycles. The number of hydrogen-bond acceptors (Lipinski definition) is 9. The predicted molar refractivity (Wildman–Crippen MR) is 156 cm³/mol. The normalized spacial score (nSPS) is 19.5. The van der Waals surface area contributed by atoms with Crippen molar-refractivity contribution in [2.45, 2.75) is 69.7 Å². The molecule has 0 aliphatic heterocycles. The number of carbonyl (C=O) groups is 1. The first-order chi connectivity index (χ1) is 19.7. The highest BCUT2D eigenvalue weighted by atomic mass is 32.2. The molecule has 0 unspecified atom stereocenters. The van der Waals surface area contributed by atoms with E-state index in [0.29, 0.717) is 30.0 Å². The highest BCUT2D eigenvalue weighted by Crippen LogP contribution is 2.29. The van der Waals surface area contributed by atoms with Gasteiger partial charge in [-0.25, -0.2) is 23.4 Å². The molecule has 0 saturated heterocycles. The predicted octanol–water partition coefficient (Wildman–Crippen LogP) is 4.04. The summed E-state index contributed by atoms with van der Waals surface area (Å²) in [7, 11) is -3.46. The van der Waals surface area contributed by atoms with E-state index in [2.05, 4.69) is 36.4 Å². The number of aromatic nitrogens is 4. The summed E-state index contributed by atoms with van der Waals surface area (Å²) >= 11 is 0. The SMILES string of the molecule is CC(C)n1cc(C(=O)NC2CCC(C#N)CC2)c2cnc(Nc3ccnc(/C(C=N)=C/NS(=O)(=O)C4CC4)n3)cc21. The summed E-state index contributed by atoms with van der Waals surface area (Å²) in [5, 5.41) is 23.5. The van der Waals surface area contributed by atoms with E-state index < -0.39 is 10.0 Å². The largest absolute Gasteiger partial charge is 0.349 e. The topological polar surface area (TPSA) is 179 Å². The lowest BCUT2D eigenvalue weighted by molar-refractivity contribution is 0.0926. The molecule has 5 rings (SSSR count). The van der Waals surface area contributed by atoms with E-state index >= 15 is 0 Å². The Labute approximate surface area is 238 Å². The minimum absolute atomic E-state index is 0.0503. The molecule has 214 valence electrons. The number of nitrogens with one attached hydrogen (secondary N) is 4. The van der Waals surface area contributed by atoms with Gasteiger partial charge in [-0.05, 0) is 58.4 Å². The van der Waals surface area contributed by atoms with Crippen molar-refractivity contribution in [1.29, 1.82) is 10.7 Å². The Morgan fingerprint density at radius 2 is 1.93 bits per heavy atom. The number of carbonyl (C=O) groups excluding carboxylic acids is 1. The van der Waals surface area contributed by atoms with Gasteiger partial charge >= 0.3 is 0 Å². The van der Waals surface area contributed by atoms with E-state index in [1.807, 2.05) is 30.7 Å². The molecule has 3 aromatic rings. The second-order valence-electron chi connectivity index (χ2n) is 10.8. The van der Waals surface area contributed by atoms with Crippen molar-refractivity contribution < 1.29 is 13.2 Å². The number of allylic oxidation sites excluding steroid dienone is 1. The summed E-state index contributed by atoms with van der Waals surface area (Å²) in [6.45, 7) is 4.08. The van der Waals surface area contributed by atoms with Crippen molar-refractivity contribution in [1.82, 2.24) is 29.6 Å². The molecule has 41 heavy (non-hydrogen) atoms. The van der Waals surface area contributed by atoms with Crippen LogP contribution in [-0.2, 0) is 10.0 Å². The van der Waals surface area contributed by atoms with Gasteiger partial charge < -0.3 is 20.6 Å². The average molecular weight is 576 g/mol. The molecule has 3 aromatic heterocycles. The van der Waals surface area contributed by atoms with Gasteiger partial charge in [-0.2, -0.15) is 5.26 Å². The summed E-state index contributed by atoms with van der Waals surface area (Å²) in [6.07, 6.45) is 11.7. The Hall–Kier alpha value is -4.31. The van der Waals surface area contributed by atoms with E-state index in [9.17, 15) is 13.2 Å². The van der Waals surface area contributed by atoms with Crippen molar-refractivity contribution in [2.75, 3.05) is 5.32 Å². The minimum Gasteiger partial charge on any atom is -0.349 e. The van der Waals surface area contributed by atoms with E-state index in [1.54, 1.807) is 12.3 Å². The quantitative estimate of drug-likeness (QED) is 0.262. The molecular formula is C28H33N9O3S. The van der Waals surface area contributed by atoms with Gasteiger partial charge in [0.15, 0.2) is 5.82 Å².